The number of anilines is 4. The molecular formula is C24H25BrFN7O2S. The summed E-state index contributed by atoms with van der Waals surface area (Å²) >= 11 is 4.88. The van der Waals surface area contributed by atoms with Crippen LogP contribution in [0.1, 0.15) is 10.4 Å². The van der Waals surface area contributed by atoms with Crippen LogP contribution in [0, 0.1) is 5.82 Å². The number of halogens is 2. The number of nitrogens with two attached hydrogens (primary N) is 1. The van der Waals surface area contributed by atoms with Crippen molar-refractivity contribution < 1.29 is 14.0 Å². The van der Waals surface area contributed by atoms with Crippen LogP contribution in [-0.4, -0.2) is 53.7 Å². The van der Waals surface area contributed by atoms with Gasteiger partial charge in [0.2, 0.25) is 5.95 Å². The van der Waals surface area contributed by atoms with Gasteiger partial charge in [-0.15, -0.1) is 0 Å². The van der Waals surface area contributed by atoms with Gasteiger partial charge in [-0.3, -0.25) is 14.3 Å². The largest absolute Gasteiger partial charge is 0.365 e. The predicted octanol–water partition coefficient (Wildman–Crippen LogP) is 4.25. The highest BCUT2D eigenvalue weighted by Crippen LogP contribution is 2.28. The van der Waals surface area contributed by atoms with E-state index in [-0.39, 0.29) is 11.3 Å². The summed E-state index contributed by atoms with van der Waals surface area (Å²) in [6.07, 6.45) is 5.63. The third-order valence-electron chi connectivity index (χ3n) is 4.78. The normalized spacial score (nSPS) is 11.1. The van der Waals surface area contributed by atoms with Crippen molar-refractivity contribution in [2.45, 2.75) is 4.90 Å². The number of likely N-dealkylation sites (N-methyl/N-ethyl adjacent to an activating group) is 1. The highest BCUT2D eigenvalue weighted by Gasteiger charge is 2.16. The molecule has 0 aliphatic heterocycles. The van der Waals surface area contributed by atoms with Crippen LogP contribution in [0.25, 0.3) is 0 Å². The number of nitrogens with one attached hydrogen (secondary N) is 3. The van der Waals surface area contributed by atoms with E-state index in [2.05, 4.69) is 46.2 Å². The molecule has 36 heavy (non-hydrogen) atoms. The first kappa shape index (κ1) is 27.3. The molecule has 3 rings (SSSR count). The van der Waals surface area contributed by atoms with E-state index in [0.717, 1.165) is 36.5 Å². The Morgan fingerprint density at radius 3 is 2.72 bits per heavy atom. The topological polar surface area (TPSA) is 125 Å². The number of primary amides is 1. The standard InChI is InChI=1S/C24H25BrFN7O2S/c1-33(12-2-3-14-34)13-11-29-36-17-9-7-16(8-10-17)30-24-28-15-18(25)23(32-24)31-20-6-4-5-19(26)21(20)22(27)35/h2-10,14-15,29H,11-13H2,1H3,(H2,27,35)(H2,28,30,31,32)/b3-2+. The number of aromatic nitrogens is 2. The molecule has 0 saturated heterocycles. The summed E-state index contributed by atoms with van der Waals surface area (Å²) in [5.41, 5.74) is 6.05. The summed E-state index contributed by atoms with van der Waals surface area (Å²) < 4.78 is 17.9. The molecule has 9 nitrogen and oxygen atoms in total. The van der Waals surface area contributed by atoms with E-state index in [1.807, 2.05) is 37.4 Å². The summed E-state index contributed by atoms with van der Waals surface area (Å²) in [6.45, 7) is 2.33. The Balaban J connectivity index is 1.57. The molecule has 0 aliphatic carbocycles. The number of hydrogen-bond acceptors (Lipinski definition) is 9. The Labute approximate surface area is 221 Å². The molecule has 1 aromatic heterocycles. The van der Waals surface area contributed by atoms with Crippen molar-refractivity contribution in [2.24, 2.45) is 5.73 Å². The molecule has 0 radical (unpaired) electrons. The molecular weight excluding hydrogens is 549 g/mol. The lowest BCUT2D eigenvalue weighted by Gasteiger charge is -2.14. The average Bonchev–Trinajstić information content (AvgIpc) is 2.85. The van der Waals surface area contributed by atoms with Gasteiger partial charge in [-0.2, -0.15) is 4.98 Å². The van der Waals surface area contributed by atoms with E-state index < -0.39 is 11.7 Å². The van der Waals surface area contributed by atoms with Crippen LogP contribution in [0.3, 0.4) is 0 Å². The molecule has 0 fully saturated rings. The fourth-order valence-electron chi connectivity index (χ4n) is 3.02. The Morgan fingerprint density at radius 1 is 1.22 bits per heavy atom. The van der Waals surface area contributed by atoms with Crippen molar-refractivity contribution in [3.63, 3.8) is 0 Å². The van der Waals surface area contributed by atoms with Crippen molar-refractivity contribution in [1.29, 1.82) is 0 Å². The van der Waals surface area contributed by atoms with E-state index in [1.54, 1.807) is 6.20 Å². The molecule has 2 aromatic carbocycles. The number of benzene rings is 2. The van der Waals surface area contributed by atoms with Crippen LogP contribution in [-0.2, 0) is 4.79 Å². The molecule has 188 valence electrons. The molecule has 0 unspecified atom stereocenters. The Morgan fingerprint density at radius 2 is 2.00 bits per heavy atom. The quantitative estimate of drug-likeness (QED) is 0.103. The highest BCUT2D eigenvalue weighted by molar-refractivity contribution is 9.10. The average molecular weight is 574 g/mol. The van der Waals surface area contributed by atoms with Crippen LogP contribution in [0.5, 0.6) is 0 Å². The maximum Gasteiger partial charge on any atom is 0.253 e. The van der Waals surface area contributed by atoms with E-state index in [0.29, 0.717) is 16.2 Å². The smallest absolute Gasteiger partial charge is 0.253 e. The van der Waals surface area contributed by atoms with E-state index in [4.69, 9.17) is 5.73 Å². The second-order valence-corrected chi connectivity index (χ2v) is 9.33. The van der Waals surface area contributed by atoms with Crippen molar-refractivity contribution in [3.8, 4) is 0 Å². The third-order valence-corrected chi connectivity index (χ3v) is 6.22. The second kappa shape index (κ2) is 13.7. The van der Waals surface area contributed by atoms with Crippen LogP contribution >= 0.6 is 27.9 Å². The summed E-state index contributed by atoms with van der Waals surface area (Å²) in [5.74, 6) is -0.959. The highest BCUT2D eigenvalue weighted by atomic mass is 79.9. The van der Waals surface area contributed by atoms with Crippen LogP contribution in [0.15, 0.2) is 70.2 Å². The molecule has 5 N–H and O–H groups in total. The lowest BCUT2D eigenvalue weighted by molar-refractivity contribution is -0.104. The molecule has 0 atom stereocenters. The minimum atomic E-state index is -0.884. The lowest BCUT2D eigenvalue weighted by Crippen LogP contribution is -2.26. The number of allylic oxidation sites excluding steroid dienone is 1. The first-order chi connectivity index (χ1) is 17.4. The van der Waals surface area contributed by atoms with Gasteiger partial charge >= 0.3 is 0 Å². The number of carbonyl (C=O) groups excluding carboxylic acids is 2. The van der Waals surface area contributed by atoms with Gasteiger partial charge in [0, 0.05) is 36.4 Å². The monoisotopic (exact) mass is 573 g/mol. The minimum Gasteiger partial charge on any atom is -0.365 e. The number of rotatable bonds is 13. The van der Waals surface area contributed by atoms with Crippen molar-refractivity contribution in [1.82, 2.24) is 19.6 Å². The number of amides is 1. The molecule has 0 saturated carbocycles. The van der Waals surface area contributed by atoms with Crippen molar-refractivity contribution >= 4 is 63.2 Å². The Kier molecular flexibility index (Phi) is 10.4. The van der Waals surface area contributed by atoms with Gasteiger partial charge in [-0.25, -0.2) is 9.37 Å². The zero-order valence-electron chi connectivity index (χ0n) is 19.4. The maximum atomic E-state index is 14.1. The first-order valence-electron chi connectivity index (χ1n) is 10.8. The molecule has 0 spiro atoms. The van der Waals surface area contributed by atoms with Gasteiger partial charge < -0.3 is 21.3 Å². The van der Waals surface area contributed by atoms with E-state index in [9.17, 15) is 14.0 Å². The number of nitrogens with zero attached hydrogens (tertiary/aromatic N) is 3. The number of carbonyl (C=O) groups is 2. The number of hydrogen-bond donors (Lipinski definition) is 4. The lowest BCUT2D eigenvalue weighted by atomic mass is 10.1. The molecule has 1 amide bonds. The molecule has 1 heterocycles. The van der Waals surface area contributed by atoms with Crippen LogP contribution < -0.4 is 21.1 Å². The van der Waals surface area contributed by atoms with Gasteiger partial charge in [0.25, 0.3) is 5.91 Å². The van der Waals surface area contributed by atoms with Crippen molar-refractivity contribution in [3.05, 3.63) is 76.7 Å². The van der Waals surface area contributed by atoms with Gasteiger partial charge in [-0.1, -0.05) is 12.1 Å². The number of aldehydes is 1. The van der Waals surface area contributed by atoms with Gasteiger partial charge in [-0.05, 0) is 77.4 Å². The summed E-state index contributed by atoms with van der Waals surface area (Å²) in [6, 6.07) is 11.9. The fourth-order valence-corrected chi connectivity index (χ4v) is 3.94. The van der Waals surface area contributed by atoms with Crippen LogP contribution in [0.2, 0.25) is 0 Å². The van der Waals surface area contributed by atoms with E-state index in [1.165, 1.54) is 36.2 Å². The SMILES string of the molecule is CN(C/C=C/C=O)CCNSc1ccc(Nc2ncc(Br)c(Nc3cccc(F)c3C(N)=O)n2)cc1. The molecule has 0 bridgehead atoms. The van der Waals surface area contributed by atoms with Crippen molar-refractivity contribution in [2.75, 3.05) is 37.3 Å². The minimum absolute atomic E-state index is 0.199. The Hall–Kier alpha value is -3.32. The molecule has 0 aliphatic rings. The molecule has 3 aromatic rings. The van der Waals surface area contributed by atoms with E-state index >= 15 is 0 Å². The Bertz CT molecular complexity index is 1230. The van der Waals surface area contributed by atoms with Gasteiger partial charge in [0.1, 0.15) is 17.9 Å². The van der Waals surface area contributed by atoms with Gasteiger partial charge in [0.15, 0.2) is 0 Å². The second-order valence-electron chi connectivity index (χ2n) is 7.51. The van der Waals surface area contributed by atoms with Gasteiger partial charge in [0.05, 0.1) is 15.7 Å². The zero-order valence-corrected chi connectivity index (χ0v) is 21.8. The zero-order chi connectivity index (χ0) is 25.9. The third kappa shape index (κ3) is 8.12. The predicted molar refractivity (Wildman–Crippen MR) is 144 cm³/mol. The first-order valence-corrected chi connectivity index (χ1v) is 12.4. The maximum absolute atomic E-state index is 14.1. The van der Waals surface area contributed by atoms with Crippen LogP contribution in [0.4, 0.5) is 27.5 Å². The fraction of sp³-hybridized carbons (Fsp3) is 0.167. The molecule has 12 heteroatoms. The summed E-state index contributed by atoms with van der Waals surface area (Å²) in [5, 5.41) is 6.06. The summed E-state index contributed by atoms with van der Waals surface area (Å²) in [4.78, 5) is 33.8. The summed E-state index contributed by atoms with van der Waals surface area (Å²) in [7, 11) is 1.99.